The fourth-order valence-corrected chi connectivity index (χ4v) is 3.28. The van der Waals surface area contributed by atoms with Gasteiger partial charge in [-0.15, -0.1) is 0 Å². The Morgan fingerprint density at radius 1 is 1.29 bits per heavy atom. The number of hydrogen-bond donors (Lipinski definition) is 1. The van der Waals surface area contributed by atoms with Gasteiger partial charge in [0.05, 0.1) is 19.6 Å². The van der Waals surface area contributed by atoms with Gasteiger partial charge in [0, 0.05) is 11.0 Å². The smallest absolute Gasteiger partial charge is 0.307 e. The monoisotopic (exact) mass is 379 g/mol. The van der Waals surface area contributed by atoms with Crippen LogP contribution in [0.4, 0.5) is 0 Å². The van der Waals surface area contributed by atoms with Gasteiger partial charge >= 0.3 is 5.97 Å². The Morgan fingerprint density at radius 3 is 2.62 bits per heavy atom. The Balaban J connectivity index is 2.82. The Morgan fingerprint density at radius 2 is 2.00 bits per heavy atom. The van der Waals surface area contributed by atoms with Gasteiger partial charge in [0.2, 0.25) is 10.0 Å². The van der Waals surface area contributed by atoms with E-state index in [1.54, 1.807) is 26.0 Å². The number of sulfonamides is 1. The Labute approximate surface area is 133 Å². The fraction of sp³-hybridized carbons (Fsp3) is 0.462. The van der Waals surface area contributed by atoms with Crippen molar-refractivity contribution in [2.24, 2.45) is 0 Å². The van der Waals surface area contributed by atoms with Crippen LogP contribution in [0, 0.1) is 0 Å². The lowest BCUT2D eigenvalue weighted by atomic mass is 10.3. The van der Waals surface area contributed by atoms with Gasteiger partial charge in [-0.05, 0) is 32.0 Å². The zero-order chi connectivity index (χ0) is 15.9. The predicted octanol–water partition coefficient (Wildman–Crippen LogP) is 2.08. The van der Waals surface area contributed by atoms with E-state index in [1.807, 2.05) is 0 Å². The highest BCUT2D eigenvalue weighted by molar-refractivity contribution is 9.10. The van der Waals surface area contributed by atoms with Crippen LogP contribution in [0.5, 0.6) is 5.75 Å². The second-order valence-electron chi connectivity index (χ2n) is 3.98. The van der Waals surface area contributed by atoms with Crippen LogP contribution in [0.2, 0.25) is 0 Å². The molecule has 0 aliphatic heterocycles. The van der Waals surface area contributed by atoms with Gasteiger partial charge < -0.3 is 9.47 Å². The molecule has 0 spiro atoms. The van der Waals surface area contributed by atoms with E-state index in [1.165, 1.54) is 6.07 Å². The molecule has 1 aromatic rings. The van der Waals surface area contributed by atoms with Crippen molar-refractivity contribution in [1.82, 2.24) is 4.72 Å². The van der Waals surface area contributed by atoms with E-state index in [9.17, 15) is 13.2 Å². The standard InChI is InChI=1S/C13H18BrNO5S/c1-3-19-11-6-5-10(14)9-12(11)21(17,18)15-8-7-13(16)20-4-2/h5-6,9,15H,3-4,7-8H2,1-2H3. The van der Waals surface area contributed by atoms with Crippen LogP contribution in [0.15, 0.2) is 27.6 Å². The zero-order valence-corrected chi connectivity index (χ0v) is 14.3. The molecule has 0 atom stereocenters. The third-order valence-electron chi connectivity index (χ3n) is 2.42. The van der Waals surface area contributed by atoms with Gasteiger partial charge in [0.15, 0.2) is 0 Å². The number of rotatable bonds is 8. The van der Waals surface area contributed by atoms with Crippen LogP contribution >= 0.6 is 15.9 Å². The Bertz CT molecular complexity index is 588. The van der Waals surface area contributed by atoms with Crippen LogP contribution in [0.1, 0.15) is 20.3 Å². The lowest BCUT2D eigenvalue weighted by molar-refractivity contribution is -0.142. The van der Waals surface area contributed by atoms with Gasteiger partial charge in [-0.25, -0.2) is 13.1 Å². The lowest BCUT2D eigenvalue weighted by Crippen LogP contribution is -2.27. The highest BCUT2D eigenvalue weighted by atomic mass is 79.9. The van der Waals surface area contributed by atoms with Gasteiger partial charge in [0.25, 0.3) is 0 Å². The normalized spacial score (nSPS) is 11.2. The van der Waals surface area contributed by atoms with Crippen LogP contribution in [-0.4, -0.2) is 34.1 Å². The third-order valence-corrected chi connectivity index (χ3v) is 4.40. The van der Waals surface area contributed by atoms with E-state index >= 15 is 0 Å². The molecule has 0 aliphatic rings. The molecule has 6 nitrogen and oxygen atoms in total. The van der Waals surface area contributed by atoms with Crippen molar-refractivity contribution in [1.29, 1.82) is 0 Å². The average Bonchev–Trinajstić information content (AvgIpc) is 2.41. The minimum absolute atomic E-state index is 0.0228. The minimum atomic E-state index is -3.76. The summed E-state index contributed by atoms with van der Waals surface area (Å²) in [6.45, 7) is 4.06. The molecule has 118 valence electrons. The van der Waals surface area contributed by atoms with Crippen molar-refractivity contribution < 1.29 is 22.7 Å². The minimum Gasteiger partial charge on any atom is -0.492 e. The molecule has 0 aliphatic carbocycles. The molecule has 8 heteroatoms. The second-order valence-corrected chi connectivity index (χ2v) is 6.63. The van der Waals surface area contributed by atoms with Crippen LogP contribution in [-0.2, 0) is 19.6 Å². The van der Waals surface area contributed by atoms with Crippen molar-refractivity contribution in [3.63, 3.8) is 0 Å². The highest BCUT2D eigenvalue weighted by Crippen LogP contribution is 2.27. The van der Waals surface area contributed by atoms with Crippen molar-refractivity contribution >= 4 is 31.9 Å². The van der Waals surface area contributed by atoms with E-state index in [2.05, 4.69) is 20.7 Å². The number of carbonyl (C=O) groups excluding carboxylic acids is 1. The lowest BCUT2D eigenvalue weighted by Gasteiger charge is -2.12. The molecule has 0 radical (unpaired) electrons. The summed E-state index contributed by atoms with van der Waals surface area (Å²) in [5, 5.41) is 0. The van der Waals surface area contributed by atoms with Gasteiger partial charge in [-0.1, -0.05) is 15.9 Å². The summed E-state index contributed by atoms with van der Waals surface area (Å²) in [4.78, 5) is 11.2. The number of benzene rings is 1. The van der Waals surface area contributed by atoms with Crippen molar-refractivity contribution in [2.75, 3.05) is 19.8 Å². The summed E-state index contributed by atoms with van der Waals surface area (Å²) in [5.41, 5.74) is 0. The fourth-order valence-electron chi connectivity index (χ4n) is 1.57. The Hall–Kier alpha value is -1.12. The second kappa shape index (κ2) is 8.35. The van der Waals surface area contributed by atoms with Gasteiger partial charge in [-0.3, -0.25) is 4.79 Å². The van der Waals surface area contributed by atoms with Crippen molar-refractivity contribution in [3.8, 4) is 5.75 Å². The molecule has 1 aromatic carbocycles. The number of carbonyl (C=O) groups is 1. The number of halogens is 1. The first-order valence-corrected chi connectivity index (χ1v) is 8.76. The Kier molecular flexibility index (Phi) is 7.13. The summed E-state index contributed by atoms with van der Waals surface area (Å²) < 4.78 is 37.5. The molecule has 0 fully saturated rings. The van der Waals surface area contributed by atoms with Crippen molar-refractivity contribution in [3.05, 3.63) is 22.7 Å². The summed E-state index contributed by atoms with van der Waals surface area (Å²) in [6, 6.07) is 4.73. The maximum atomic E-state index is 12.3. The van der Waals surface area contributed by atoms with Crippen LogP contribution in [0.25, 0.3) is 0 Å². The molecule has 0 saturated carbocycles. The maximum Gasteiger partial charge on any atom is 0.307 e. The molecular formula is C13H18BrNO5S. The molecule has 0 unspecified atom stereocenters. The average molecular weight is 380 g/mol. The van der Waals surface area contributed by atoms with Crippen LogP contribution < -0.4 is 9.46 Å². The van der Waals surface area contributed by atoms with Crippen molar-refractivity contribution in [2.45, 2.75) is 25.2 Å². The van der Waals surface area contributed by atoms with Crippen LogP contribution in [0.3, 0.4) is 0 Å². The highest BCUT2D eigenvalue weighted by Gasteiger charge is 2.20. The molecule has 0 aromatic heterocycles. The topological polar surface area (TPSA) is 81.7 Å². The molecular weight excluding hydrogens is 362 g/mol. The number of nitrogens with one attached hydrogen (secondary N) is 1. The maximum absolute atomic E-state index is 12.3. The van der Waals surface area contributed by atoms with E-state index in [-0.39, 0.29) is 30.2 Å². The third kappa shape index (κ3) is 5.64. The van der Waals surface area contributed by atoms with E-state index < -0.39 is 16.0 Å². The molecule has 1 rings (SSSR count). The van der Waals surface area contributed by atoms with Gasteiger partial charge in [0.1, 0.15) is 10.6 Å². The molecule has 0 heterocycles. The largest absolute Gasteiger partial charge is 0.492 e. The van der Waals surface area contributed by atoms with Gasteiger partial charge in [-0.2, -0.15) is 0 Å². The van der Waals surface area contributed by atoms with E-state index in [0.29, 0.717) is 11.1 Å². The first-order valence-electron chi connectivity index (χ1n) is 6.48. The summed E-state index contributed by atoms with van der Waals surface area (Å²) in [6.07, 6.45) is -0.0228. The van der Waals surface area contributed by atoms with E-state index in [0.717, 1.165) is 0 Å². The number of esters is 1. The summed E-state index contributed by atoms with van der Waals surface area (Å²) in [5.74, 6) is -0.177. The molecule has 0 bridgehead atoms. The summed E-state index contributed by atoms with van der Waals surface area (Å²) >= 11 is 3.23. The first kappa shape index (κ1) is 17.9. The number of hydrogen-bond acceptors (Lipinski definition) is 5. The molecule has 0 saturated heterocycles. The molecule has 21 heavy (non-hydrogen) atoms. The predicted molar refractivity (Wildman–Crippen MR) is 81.7 cm³/mol. The zero-order valence-electron chi connectivity index (χ0n) is 11.9. The summed E-state index contributed by atoms with van der Waals surface area (Å²) in [7, 11) is -3.76. The number of ether oxygens (including phenoxy) is 2. The van der Waals surface area contributed by atoms with E-state index in [4.69, 9.17) is 9.47 Å². The first-order chi connectivity index (χ1) is 9.90. The SMILES string of the molecule is CCOC(=O)CCNS(=O)(=O)c1cc(Br)ccc1OCC. The quantitative estimate of drug-likeness (QED) is 0.699. The molecule has 0 amide bonds. The molecule has 1 N–H and O–H groups in total.